The topological polar surface area (TPSA) is 92.7 Å². The number of hydrogen-bond donors (Lipinski definition) is 2. The van der Waals surface area contributed by atoms with Gasteiger partial charge in [0.1, 0.15) is 5.75 Å². The highest BCUT2D eigenvalue weighted by Crippen LogP contribution is 2.26. The van der Waals surface area contributed by atoms with E-state index in [1.165, 1.54) is 25.3 Å². The summed E-state index contributed by atoms with van der Waals surface area (Å²) in [6, 6.07) is 4.18. The van der Waals surface area contributed by atoms with Crippen LogP contribution in [0.3, 0.4) is 0 Å². The molecule has 0 saturated carbocycles. The van der Waals surface area contributed by atoms with Gasteiger partial charge in [0, 0.05) is 6.54 Å². The van der Waals surface area contributed by atoms with Crippen molar-refractivity contribution in [2.24, 2.45) is 5.92 Å². The standard InChI is InChI=1S/C13H18ClNO5S/c1-9(13(16)17)4-3-7-15-21(18,19)10-5-6-12(20-2)11(14)8-10/h5-6,8-9,15H,3-4,7H2,1-2H3,(H,16,17). The van der Waals surface area contributed by atoms with Crippen molar-refractivity contribution in [2.75, 3.05) is 13.7 Å². The fourth-order valence-electron chi connectivity index (χ4n) is 1.64. The van der Waals surface area contributed by atoms with Crippen molar-refractivity contribution in [1.29, 1.82) is 0 Å². The Kier molecular flexibility index (Phi) is 6.44. The van der Waals surface area contributed by atoms with Crippen molar-refractivity contribution in [2.45, 2.75) is 24.7 Å². The molecule has 1 aromatic rings. The molecule has 0 amide bonds. The molecule has 118 valence electrons. The minimum atomic E-state index is -3.66. The predicted molar refractivity (Wildman–Crippen MR) is 79.2 cm³/mol. The van der Waals surface area contributed by atoms with E-state index >= 15 is 0 Å². The summed E-state index contributed by atoms with van der Waals surface area (Å²) in [6.07, 6.45) is 0.845. The van der Waals surface area contributed by atoms with Crippen LogP contribution in [0.4, 0.5) is 0 Å². The van der Waals surface area contributed by atoms with Crippen LogP contribution in [0.5, 0.6) is 5.75 Å². The summed E-state index contributed by atoms with van der Waals surface area (Å²) < 4.78 is 31.4. The van der Waals surface area contributed by atoms with Gasteiger partial charge in [0.25, 0.3) is 0 Å². The Morgan fingerprint density at radius 1 is 1.48 bits per heavy atom. The van der Waals surface area contributed by atoms with Crippen molar-refractivity contribution >= 4 is 27.6 Å². The highest BCUT2D eigenvalue weighted by molar-refractivity contribution is 7.89. The van der Waals surface area contributed by atoms with Gasteiger partial charge in [-0.15, -0.1) is 0 Å². The van der Waals surface area contributed by atoms with E-state index in [0.29, 0.717) is 18.6 Å². The monoisotopic (exact) mass is 335 g/mol. The summed E-state index contributed by atoms with van der Waals surface area (Å²) in [5.41, 5.74) is 0. The second kappa shape index (κ2) is 7.63. The Hall–Kier alpha value is -1.31. The molecule has 8 heteroatoms. The minimum Gasteiger partial charge on any atom is -0.495 e. The number of nitrogens with one attached hydrogen (secondary N) is 1. The summed E-state index contributed by atoms with van der Waals surface area (Å²) in [5.74, 6) is -0.990. The number of aliphatic carboxylic acids is 1. The van der Waals surface area contributed by atoms with Crippen LogP contribution in [0.15, 0.2) is 23.1 Å². The van der Waals surface area contributed by atoms with E-state index in [4.69, 9.17) is 21.4 Å². The molecule has 0 aliphatic carbocycles. The molecule has 1 rings (SSSR count). The van der Waals surface area contributed by atoms with Crippen LogP contribution in [0.1, 0.15) is 19.8 Å². The lowest BCUT2D eigenvalue weighted by Crippen LogP contribution is -2.25. The highest BCUT2D eigenvalue weighted by atomic mass is 35.5. The maximum atomic E-state index is 12.0. The molecule has 0 bridgehead atoms. The lowest BCUT2D eigenvalue weighted by atomic mass is 10.1. The molecule has 0 spiro atoms. The molecule has 0 heterocycles. The molecule has 1 aromatic carbocycles. The van der Waals surface area contributed by atoms with Crippen LogP contribution in [-0.2, 0) is 14.8 Å². The molecule has 0 fully saturated rings. The van der Waals surface area contributed by atoms with E-state index in [9.17, 15) is 13.2 Å². The molecule has 1 unspecified atom stereocenters. The zero-order valence-electron chi connectivity index (χ0n) is 11.8. The number of halogens is 1. The first-order chi connectivity index (χ1) is 9.77. The number of carboxylic acid groups (broad SMARTS) is 1. The zero-order valence-corrected chi connectivity index (χ0v) is 13.4. The number of sulfonamides is 1. The van der Waals surface area contributed by atoms with Gasteiger partial charge in [-0.3, -0.25) is 4.79 Å². The quantitative estimate of drug-likeness (QED) is 0.710. The average molecular weight is 336 g/mol. The van der Waals surface area contributed by atoms with Gasteiger partial charge in [-0.1, -0.05) is 18.5 Å². The van der Waals surface area contributed by atoms with Crippen molar-refractivity contribution < 1.29 is 23.1 Å². The van der Waals surface area contributed by atoms with Gasteiger partial charge in [-0.25, -0.2) is 13.1 Å². The number of ether oxygens (including phenoxy) is 1. The Labute approximate surface area is 129 Å². The summed E-state index contributed by atoms with van der Waals surface area (Å²) >= 11 is 5.89. The van der Waals surface area contributed by atoms with Gasteiger partial charge in [-0.2, -0.15) is 0 Å². The molecule has 1 atom stereocenters. The molecular weight excluding hydrogens is 318 g/mol. The van der Waals surface area contributed by atoms with Gasteiger partial charge in [0.05, 0.1) is 22.9 Å². The molecule has 21 heavy (non-hydrogen) atoms. The van der Waals surface area contributed by atoms with E-state index in [-0.39, 0.29) is 16.5 Å². The normalized spacial score (nSPS) is 12.9. The van der Waals surface area contributed by atoms with Crippen molar-refractivity contribution in [1.82, 2.24) is 4.72 Å². The molecule has 0 aliphatic heterocycles. The van der Waals surface area contributed by atoms with Gasteiger partial charge in [0.2, 0.25) is 10.0 Å². The van der Waals surface area contributed by atoms with Gasteiger partial charge < -0.3 is 9.84 Å². The molecule has 2 N–H and O–H groups in total. The molecule has 0 aliphatic rings. The molecule has 0 radical (unpaired) electrons. The Balaban J connectivity index is 2.62. The van der Waals surface area contributed by atoms with Crippen LogP contribution in [0.2, 0.25) is 5.02 Å². The number of carbonyl (C=O) groups is 1. The van der Waals surface area contributed by atoms with Gasteiger partial charge >= 0.3 is 5.97 Å². The van der Waals surface area contributed by atoms with E-state index in [1.54, 1.807) is 6.92 Å². The number of benzene rings is 1. The lowest BCUT2D eigenvalue weighted by molar-refractivity contribution is -0.141. The van der Waals surface area contributed by atoms with E-state index < -0.39 is 21.9 Å². The van der Waals surface area contributed by atoms with Crippen molar-refractivity contribution in [3.63, 3.8) is 0 Å². The first-order valence-electron chi connectivity index (χ1n) is 6.34. The Morgan fingerprint density at radius 3 is 2.67 bits per heavy atom. The maximum absolute atomic E-state index is 12.0. The number of hydrogen-bond acceptors (Lipinski definition) is 4. The third-order valence-corrected chi connectivity index (χ3v) is 4.72. The largest absolute Gasteiger partial charge is 0.495 e. The summed E-state index contributed by atoms with van der Waals surface area (Å²) in [7, 11) is -2.22. The second-order valence-electron chi connectivity index (χ2n) is 4.58. The van der Waals surface area contributed by atoms with Crippen molar-refractivity contribution in [3.05, 3.63) is 23.2 Å². The number of methoxy groups -OCH3 is 1. The number of carboxylic acids is 1. The Bertz CT molecular complexity index is 603. The molecule has 6 nitrogen and oxygen atoms in total. The fourth-order valence-corrected chi connectivity index (χ4v) is 3.06. The summed E-state index contributed by atoms with van der Waals surface area (Å²) in [4.78, 5) is 10.7. The highest BCUT2D eigenvalue weighted by Gasteiger charge is 2.16. The lowest BCUT2D eigenvalue weighted by Gasteiger charge is -2.10. The van der Waals surface area contributed by atoms with E-state index in [2.05, 4.69) is 4.72 Å². The molecule has 0 aromatic heterocycles. The van der Waals surface area contributed by atoms with Crippen molar-refractivity contribution in [3.8, 4) is 5.75 Å². The SMILES string of the molecule is COc1ccc(S(=O)(=O)NCCCC(C)C(=O)O)cc1Cl. The number of rotatable bonds is 8. The van der Waals surface area contributed by atoms with Crippen LogP contribution in [0.25, 0.3) is 0 Å². The van der Waals surface area contributed by atoms with Crippen LogP contribution in [-0.4, -0.2) is 33.1 Å². The van der Waals surface area contributed by atoms with Crippen LogP contribution >= 0.6 is 11.6 Å². The van der Waals surface area contributed by atoms with Crippen LogP contribution in [0, 0.1) is 5.92 Å². The predicted octanol–water partition coefficient (Wildman–Crippen LogP) is 2.13. The van der Waals surface area contributed by atoms with E-state index in [1.807, 2.05) is 0 Å². The maximum Gasteiger partial charge on any atom is 0.306 e. The first kappa shape index (κ1) is 17.7. The first-order valence-corrected chi connectivity index (χ1v) is 8.20. The van der Waals surface area contributed by atoms with E-state index in [0.717, 1.165) is 0 Å². The Morgan fingerprint density at radius 2 is 2.14 bits per heavy atom. The fraction of sp³-hybridized carbons (Fsp3) is 0.462. The third-order valence-electron chi connectivity index (χ3n) is 2.96. The summed E-state index contributed by atoms with van der Waals surface area (Å²) in [5, 5.41) is 8.94. The molecule has 0 saturated heterocycles. The molecular formula is C13H18ClNO5S. The third kappa shape index (κ3) is 5.18. The van der Waals surface area contributed by atoms with Gasteiger partial charge in [0.15, 0.2) is 0 Å². The zero-order chi connectivity index (χ0) is 16.0. The second-order valence-corrected chi connectivity index (χ2v) is 6.75. The minimum absolute atomic E-state index is 0.0413. The smallest absolute Gasteiger partial charge is 0.306 e. The van der Waals surface area contributed by atoms with Gasteiger partial charge in [-0.05, 0) is 31.0 Å². The average Bonchev–Trinajstić information content (AvgIpc) is 2.43. The summed E-state index contributed by atoms with van der Waals surface area (Å²) in [6.45, 7) is 1.75. The van der Waals surface area contributed by atoms with Crippen LogP contribution < -0.4 is 9.46 Å².